The summed E-state index contributed by atoms with van der Waals surface area (Å²) in [4.78, 5) is 0. The molecule has 0 aromatic rings. The van der Waals surface area contributed by atoms with E-state index in [0.29, 0.717) is 24.2 Å². The first kappa shape index (κ1) is 12.4. The maximum atomic E-state index is 6.22. The van der Waals surface area contributed by atoms with Crippen molar-refractivity contribution < 1.29 is 9.47 Å². The van der Waals surface area contributed by atoms with Gasteiger partial charge in [0, 0.05) is 0 Å². The van der Waals surface area contributed by atoms with Gasteiger partial charge in [-0.2, -0.15) is 0 Å². The standard InChI is InChI=1S/C14H26O2/c1-11(2)14-10-15-12-8-6-4-3-5-7-9-13(12)16-14/h11-14H,3-10H2,1-2H3. The molecule has 1 aliphatic heterocycles. The molecular formula is C14H26O2. The van der Waals surface area contributed by atoms with E-state index in [1.807, 2.05) is 0 Å². The molecule has 0 N–H and O–H groups in total. The molecule has 2 fully saturated rings. The van der Waals surface area contributed by atoms with Crippen molar-refractivity contribution in [2.24, 2.45) is 5.92 Å². The molecule has 1 saturated heterocycles. The monoisotopic (exact) mass is 226 g/mol. The zero-order chi connectivity index (χ0) is 11.4. The van der Waals surface area contributed by atoms with Crippen molar-refractivity contribution in [1.82, 2.24) is 0 Å². The van der Waals surface area contributed by atoms with Gasteiger partial charge in [-0.1, -0.05) is 46.0 Å². The molecule has 3 atom stereocenters. The normalized spacial score (nSPS) is 37.3. The van der Waals surface area contributed by atoms with E-state index in [2.05, 4.69) is 13.8 Å². The molecule has 2 aliphatic rings. The fourth-order valence-corrected chi connectivity index (χ4v) is 2.77. The molecular weight excluding hydrogens is 200 g/mol. The maximum absolute atomic E-state index is 6.22. The molecule has 1 saturated carbocycles. The van der Waals surface area contributed by atoms with Crippen LogP contribution in [-0.2, 0) is 9.47 Å². The third-order valence-electron chi connectivity index (χ3n) is 3.96. The molecule has 0 amide bonds. The molecule has 0 aromatic heterocycles. The molecule has 0 radical (unpaired) electrons. The number of hydrogen-bond acceptors (Lipinski definition) is 2. The SMILES string of the molecule is CC(C)C1COC2CCCCCCCC2O1. The number of rotatable bonds is 1. The Morgan fingerprint density at radius 2 is 1.50 bits per heavy atom. The Kier molecular flexibility index (Phi) is 4.66. The number of hydrogen-bond donors (Lipinski definition) is 0. The van der Waals surface area contributed by atoms with Crippen LogP contribution >= 0.6 is 0 Å². The van der Waals surface area contributed by atoms with Crippen molar-refractivity contribution in [3.05, 3.63) is 0 Å². The van der Waals surface area contributed by atoms with Gasteiger partial charge in [0.15, 0.2) is 0 Å². The lowest BCUT2D eigenvalue weighted by Crippen LogP contribution is -2.45. The maximum Gasteiger partial charge on any atom is 0.0841 e. The summed E-state index contributed by atoms with van der Waals surface area (Å²) in [6.45, 7) is 5.26. The predicted octanol–water partition coefficient (Wildman–Crippen LogP) is 3.54. The molecule has 1 heterocycles. The summed E-state index contributed by atoms with van der Waals surface area (Å²) in [7, 11) is 0. The van der Waals surface area contributed by atoms with Gasteiger partial charge in [-0.25, -0.2) is 0 Å². The van der Waals surface area contributed by atoms with Gasteiger partial charge in [0.2, 0.25) is 0 Å². The van der Waals surface area contributed by atoms with Crippen LogP contribution in [0.3, 0.4) is 0 Å². The van der Waals surface area contributed by atoms with Gasteiger partial charge < -0.3 is 9.47 Å². The molecule has 2 rings (SSSR count). The minimum absolute atomic E-state index is 0.321. The van der Waals surface area contributed by atoms with Crippen LogP contribution in [0.2, 0.25) is 0 Å². The van der Waals surface area contributed by atoms with Gasteiger partial charge in [0.05, 0.1) is 24.9 Å². The molecule has 2 nitrogen and oxygen atoms in total. The van der Waals surface area contributed by atoms with Crippen LogP contribution in [0.1, 0.15) is 58.8 Å². The van der Waals surface area contributed by atoms with Crippen LogP contribution < -0.4 is 0 Å². The Morgan fingerprint density at radius 1 is 0.875 bits per heavy atom. The first-order valence-corrected chi connectivity index (χ1v) is 7.04. The van der Waals surface area contributed by atoms with Crippen LogP contribution in [0.25, 0.3) is 0 Å². The lowest BCUT2D eigenvalue weighted by atomic mass is 10.00. The lowest BCUT2D eigenvalue weighted by Gasteiger charge is -2.38. The van der Waals surface area contributed by atoms with Gasteiger partial charge in [-0.15, -0.1) is 0 Å². The lowest BCUT2D eigenvalue weighted by molar-refractivity contribution is -0.195. The summed E-state index contributed by atoms with van der Waals surface area (Å²) >= 11 is 0. The fraction of sp³-hybridized carbons (Fsp3) is 1.00. The third-order valence-corrected chi connectivity index (χ3v) is 3.96. The fourth-order valence-electron chi connectivity index (χ4n) is 2.77. The Bertz CT molecular complexity index is 203. The highest BCUT2D eigenvalue weighted by atomic mass is 16.6. The highest BCUT2D eigenvalue weighted by molar-refractivity contribution is 4.80. The Balaban J connectivity index is 1.91. The number of fused-ring (bicyclic) bond motifs is 1. The van der Waals surface area contributed by atoms with E-state index < -0.39 is 0 Å². The van der Waals surface area contributed by atoms with E-state index in [1.54, 1.807) is 0 Å². The van der Waals surface area contributed by atoms with E-state index in [0.717, 1.165) is 6.61 Å². The topological polar surface area (TPSA) is 18.5 Å². The van der Waals surface area contributed by atoms with Crippen LogP contribution in [-0.4, -0.2) is 24.9 Å². The van der Waals surface area contributed by atoms with E-state index in [1.165, 1.54) is 44.9 Å². The average molecular weight is 226 g/mol. The molecule has 16 heavy (non-hydrogen) atoms. The molecule has 2 heteroatoms. The number of ether oxygens (including phenoxy) is 2. The Morgan fingerprint density at radius 3 is 2.19 bits per heavy atom. The van der Waals surface area contributed by atoms with Crippen molar-refractivity contribution in [3.63, 3.8) is 0 Å². The minimum atomic E-state index is 0.321. The minimum Gasteiger partial charge on any atom is -0.373 e. The van der Waals surface area contributed by atoms with Crippen molar-refractivity contribution in [2.45, 2.75) is 77.1 Å². The van der Waals surface area contributed by atoms with Gasteiger partial charge >= 0.3 is 0 Å². The van der Waals surface area contributed by atoms with Gasteiger partial charge in [-0.3, -0.25) is 0 Å². The summed E-state index contributed by atoms with van der Waals surface area (Å²) in [5.74, 6) is 0.577. The molecule has 0 bridgehead atoms. The van der Waals surface area contributed by atoms with E-state index in [4.69, 9.17) is 9.47 Å². The van der Waals surface area contributed by atoms with E-state index >= 15 is 0 Å². The first-order chi connectivity index (χ1) is 7.77. The Hall–Kier alpha value is -0.0800. The van der Waals surface area contributed by atoms with Gasteiger partial charge in [0.1, 0.15) is 0 Å². The quantitative estimate of drug-likeness (QED) is 0.681. The van der Waals surface area contributed by atoms with Gasteiger partial charge in [0.25, 0.3) is 0 Å². The average Bonchev–Trinajstić information content (AvgIpc) is 2.39. The predicted molar refractivity (Wildman–Crippen MR) is 65.6 cm³/mol. The van der Waals surface area contributed by atoms with Crippen molar-refractivity contribution in [3.8, 4) is 0 Å². The molecule has 0 spiro atoms. The first-order valence-electron chi connectivity index (χ1n) is 7.04. The summed E-state index contributed by atoms with van der Waals surface area (Å²) in [6, 6.07) is 0. The summed E-state index contributed by atoms with van der Waals surface area (Å²) < 4.78 is 12.2. The molecule has 1 aliphatic carbocycles. The summed E-state index contributed by atoms with van der Waals surface area (Å²) in [5, 5.41) is 0. The zero-order valence-corrected chi connectivity index (χ0v) is 10.8. The van der Waals surface area contributed by atoms with E-state index in [-0.39, 0.29) is 0 Å². The van der Waals surface area contributed by atoms with Crippen LogP contribution in [0.15, 0.2) is 0 Å². The van der Waals surface area contributed by atoms with Crippen molar-refractivity contribution >= 4 is 0 Å². The third kappa shape index (κ3) is 3.21. The Labute approximate surface area is 99.7 Å². The largest absolute Gasteiger partial charge is 0.373 e. The highest BCUT2D eigenvalue weighted by Crippen LogP contribution is 2.28. The van der Waals surface area contributed by atoms with Crippen molar-refractivity contribution in [2.75, 3.05) is 6.61 Å². The summed E-state index contributed by atoms with van der Waals surface area (Å²) in [5.41, 5.74) is 0. The highest BCUT2D eigenvalue weighted by Gasteiger charge is 2.32. The van der Waals surface area contributed by atoms with Crippen LogP contribution in [0.4, 0.5) is 0 Å². The molecule has 94 valence electrons. The summed E-state index contributed by atoms with van der Waals surface area (Å²) in [6.07, 6.45) is 10.3. The zero-order valence-electron chi connectivity index (χ0n) is 10.8. The van der Waals surface area contributed by atoms with Crippen LogP contribution in [0, 0.1) is 5.92 Å². The smallest absolute Gasteiger partial charge is 0.0841 e. The van der Waals surface area contributed by atoms with E-state index in [9.17, 15) is 0 Å². The van der Waals surface area contributed by atoms with Crippen molar-refractivity contribution in [1.29, 1.82) is 0 Å². The second kappa shape index (κ2) is 6.02. The second-order valence-corrected chi connectivity index (χ2v) is 5.67. The molecule has 0 aromatic carbocycles. The second-order valence-electron chi connectivity index (χ2n) is 5.67. The van der Waals surface area contributed by atoms with Crippen LogP contribution in [0.5, 0.6) is 0 Å². The van der Waals surface area contributed by atoms with Gasteiger partial charge in [-0.05, 0) is 18.8 Å². The molecule has 3 unspecified atom stereocenters.